The number of nitrogens with one attached hydrogen (secondary N) is 2. The van der Waals surface area contributed by atoms with Gasteiger partial charge in [0, 0.05) is 50.1 Å². The number of amides is 2. The molecule has 3 aliphatic rings. The topological polar surface area (TPSA) is 69.6 Å². The van der Waals surface area contributed by atoms with Gasteiger partial charge in [-0.1, -0.05) is 29.8 Å². The number of hydrogen-bond donors (Lipinski definition) is 2. The van der Waals surface area contributed by atoms with Crippen LogP contribution in [0.1, 0.15) is 29.0 Å². The number of urea groups is 1. The third-order valence-electron chi connectivity index (χ3n) is 6.44. The highest BCUT2D eigenvalue weighted by atomic mass is 16.2. The Morgan fingerprint density at radius 3 is 2.73 bits per heavy atom. The maximum atomic E-state index is 13.1. The van der Waals surface area contributed by atoms with Crippen LogP contribution in [0, 0.1) is 6.92 Å². The van der Waals surface area contributed by atoms with Crippen molar-refractivity contribution in [3.05, 3.63) is 76.6 Å². The van der Waals surface area contributed by atoms with Crippen molar-refractivity contribution in [3.63, 3.8) is 0 Å². The molecule has 2 atom stereocenters. The predicted molar refractivity (Wildman–Crippen MR) is 118 cm³/mol. The van der Waals surface area contributed by atoms with Gasteiger partial charge in [0.25, 0.3) is 0 Å². The molecule has 0 bridgehead atoms. The number of aliphatic imine (C=N–C) groups is 1. The molecule has 2 aromatic rings. The van der Waals surface area contributed by atoms with Crippen molar-refractivity contribution in [2.24, 2.45) is 4.99 Å². The molecule has 6 nitrogen and oxygen atoms in total. The highest BCUT2D eigenvalue weighted by Crippen LogP contribution is 2.28. The lowest BCUT2D eigenvalue weighted by molar-refractivity contribution is 0.196. The van der Waals surface area contributed by atoms with Crippen molar-refractivity contribution < 1.29 is 4.79 Å². The molecule has 1 aromatic heterocycles. The number of hydrogen-bond acceptors (Lipinski definition) is 4. The van der Waals surface area contributed by atoms with E-state index >= 15 is 0 Å². The van der Waals surface area contributed by atoms with Crippen molar-refractivity contribution in [2.75, 3.05) is 32.7 Å². The SMILES string of the molecule is Cc1ccc([C@@H]2CNCC2NC(=O)N2CCC3=C(C2)C(c2ccncc2)=NC3)cc1. The van der Waals surface area contributed by atoms with Crippen LogP contribution in [-0.4, -0.2) is 60.4 Å². The van der Waals surface area contributed by atoms with Crippen molar-refractivity contribution >= 4 is 11.7 Å². The van der Waals surface area contributed by atoms with E-state index in [1.165, 1.54) is 22.3 Å². The standard InChI is InChI=1S/C24H27N5O/c1-16-2-4-17(5-3-16)20-13-26-14-22(20)28-24(30)29-11-8-19-12-27-23(21(19)15-29)18-6-9-25-10-7-18/h2-7,9-10,20,22,26H,8,11-15H2,1H3,(H,28,30)/t20-,22?/m0/s1. The van der Waals surface area contributed by atoms with Crippen LogP contribution >= 0.6 is 0 Å². The van der Waals surface area contributed by atoms with E-state index in [1.807, 2.05) is 17.0 Å². The zero-order valence-corrected chi connectivity index (χ0v) is 17.3. The van der Waals surface area contributed by atoms with Crippen molar-refractivity contribution in [3.8, 4) is 0 Å². The Bertz CT molecular complexity index is 996. The Kier molecular flexibility index (Phi) is 5.09. The van der Waals surface area contributed by atoms with Gasteiger partial charge in [0.05, 0.1) is 18.3 Å². The molecule has 1 saturated heterocycles. The van der Waals surface area contributed by atoms with E-state index in [9.17, 15) is 4.79 Å². The third-order valence-corrected chi connectivity index (χ3v) is 6.44. The second-order valence-corrected chi connectivity index (χ2v) is 8.39. The van der Waals surface area contributed by atoms with Crippen molar-refractivity contribution in [1.29, 1.82) is 0 Å². The fourth-order valence-electron chi connectivity index (χ4n) is 4.68. The zero-order chi connectivity index (χ0) is 20.5. The number of carbonyl (C=O) groups is 1. The minimum Gasteiger partial charge on any atom is -0.333 e. The first-order valence-corrected chi connectivity index (χ1v) is 10.7. The number of pyridine rings is 1. The Hall–Kier alpha value is -2.99. The molecule has 30 heavy (non-hydrogen) atoms. The monoisotopic (exact) mass is 401 g/mol. The normalized spacial score (nSPS) is 23.4. The molecular weight excluding hydrogens is 374 g/mol. The molecule has 154 valence electrons. The van der Waals surface area contributed by atoms with E-state index < -0.39 is 0 Å². The fourth-order valence-corrected chi connectivity index (χ4v) is 4.68. The summed E-state index contributed by atoms with van der Waals surface area (Å²) in [6.07, 6.45) is 4.48. The molecule has 3 aliphatic heterocycles. The number of benzene rings is 1. The van der Waals surface area contributed by atoms with Crippen LogP contribution in [0.5, 0.6) is 0 Å². The molecule has 0 radical (unpaired) electrons. The van der Waals surface area contributed by atoms with Crippen LogP contribution in [0.4, 0.5) is 4.79 Å². The summed E-state index contributed by atoms with van der Waals surface area (Å²) in [4.78, 5) is 23.9. The van der Waals surface area contributed by atoms with Gasteiger partial charge in [0.15, 0.2) is 0 Å². The van der Waals surface area contributed by atoms with Crippen molar-refractivity contribution in [1.82, 2.24) is 20.5 Å². The lowest BCUT2D eigenvalue weighted by Gasteiger charge is -2.31. The third kappa shape index (κ3) is 3.63. The first-order valence-electron chi connectivity index (χ1n) is 10.7. The van der Waals surface area contributed by atoms with Gasteiger partial charge in [-0.2, -0.15) is 0 Å². The fraction of sp³-hybridized carbons (Fsp3) is 0.375. The van der Waals surface area contributed by atoms with E-state index in [0.717, 1.165) is 43.9 Å². The number of rotatable bonds is 3. The summed E-state index contributed by atoms with van der Waals surface area (Å²) < 4.78 is 0. The highest BCUT2D eigenvalue weighted by Gasteiger charge is 2.33. The van der Waals surface area contributed by atoms with Crippen LogP contribution in [0.15, 0.2) is 64.9 Å². The van der Waals surface area contributed by atoms with Gasteiger partial charge >= 0.3 is 6.03 Å². The maximum absolute atomic E-state index is 13.1. The molecule has 0 saturated carbocycles. The molecule has 2 N–H and O–H groups in total. The molecule has 5 rings (SSSR count). The molecule has 2 amide bonds. The summed E-state index contributed by atoms with van der Waals surface area (Å²) >= 11 is 0. The predicted octanol–water partition coefficient (Wildman–Crippen LogP) is 2.66. The van der Waals surface area contributed by atoms with E-state index in [2.05, 4.69) is 46.8 Å². The first kappa shape index (κ1) is 19.0. The second kappa shape index (κ2) is 8.03. The lowest BCUT2D eigenvalue weighted by Crippen LogP contribution is -2.49. The molecule has 6 heteroatoms. The molecule has 1 aromatic carbocycles. The van der Waals surface area contributed by atoms with Gasteiger partial charge in [-0.3, -0.25) is 9.98 Å². The van der Waals surface area contributed by atoms with E-state index in [4.69, 9.17) is 4.99 Å². The average Bonchev–Trinajstić information content (AvgIpc) is 3.41. The summed E-state index contributed by atoms with van der Waals surface area (Å²) in [5, 5.41) is 6.74. The molecule has 1 fully saturated rings. The molecule has 4 heterocycles. The number of carbonyl (C=O) groups excluding carboxylic acids is 1. The molecule has 0 aliphatic carbocycles. The average molecular weight is 402 g/mol. The maximum Gasteiger partial charge on any atom is 0.317 e. The Morgan fingerprint density at radius 1 is 1.13 bits per heavy atom. The van der Waals surface area contributed by atoms with Crippen LogP contribution in [0.3, 0.4) is 0 Å². The zero-order valence-electron chi connectivity index (χ0n) is 17.3. The van der Waals surface area contributed by atoms with Gasteiger partial charge in [0.1, 0.15) is 0 Å². The summed E-state index contributed by atoms with van der Waals surface area (Å²) in [5.74, 6) is 0.300. The summed E-state index contributed by atoms with van der Waals surface area (Å²) in [5.41, 5.74) is 7.21. The van der Waals surface area contributed by atoms with Gasteiger partial charge in [-0.15, -0.1) is 0 Å². The minimum absolute atomic E-state index is 0.0216. The van der Waals surface area contributed by atoms with Crippen LogP contribution < -0.4 is 10.6 Å². The first-order chi connectivity index (χ1) is 14.7. The van der Waals surface area contributed by atoms with Gasteiger partial charge in [0.2, 0.25) is 0 Å². The minimum atomic E-state index is 0.0216. The summed E-state index contributed by atoms with van der Waals surface area (Å²) in [6.45, 7) is 5.92. The largest absolute Gasteiger partial charge is 0.333 e. The highest BCUT2D eigenvalue weighted by molar-refractivity contribution is 6.15. The summed E-state index contributed by atoms with van der Waals surface area (Å²) in [7, 11) is 0. The quantitative estimate of drug-likeness (QED) is 0.831. The molecule has 1 unspecified atom stereocenters. The van der Waals surface area contributed by atoms with Crippen LogP contribution in [-0.2, 0) is 0 Å². The number of aromatic nitrogens is 1. The smallest absolute Gasteiger partial charge is 0.317 e. The molecule has 0 spiro atoms. The Morgan fingerprint density at radius 2 is 1.93 bits per heavy atom. The van der Waals surface area contributed by atoms with E-state index in [0.29, 0.717) is 12.5 Å². The summed E-state index contributed by atoms with van der Waals surface area (Å²) in [6, 6.07) is 12.8. The molecular formula is C24H27N5O. The Labute approximate surface area is 177 Å². The lowest BCUT2D eigenvalue weighted by atomic mass is 9.93. The number of aryl methyl sites for hydroxylation is 1. The van der Waals surface area contributed by atoms with E-state index in [-0.39, 0.29) is 12.1 Å². The van der Waals surface area contributed by atoms with Crippen LogP contribution in [0.2, 0.25) is 0 Å². The van der Waals surface area contributed by atoms with Gasteiger partial charge in [-0.25, -0.2) is 4.79 Å². The number of nitrogens with zero attached hydrogens (tertiary/aromatic N) is 3. The second-order valence-electron chi connectivity index (χ2n) is 8.39. The van der Waals surface area contributed by atoms with Gasteiger partial charge < -0.3 is 15.5 Å². The van der Waals surface area contributed by atoms with Crippen LogP contribution in [0.25, 0.3) is 0 Å². The van der Waals surface area contributed by atoms with E-state index in [1.54, 1.807) is 12.4 Å². The van der Waals surface area contributed by atoms with Gasteiger partial charge in [-0.05, 0) is 42.2 Å². The Balaban J connectivity index is 1.27. The van der Waals surface area contributed by atoms with Crippen molar-refractivity contribution in [2.45, 2.75) is 25.3 Å².